The van der Waals surface area contributed by atoms with Gasteiger partial charge in [-0.2, -0.15) is 0 Å². The summed E-state index contributed by atoms with van der Waals surface area (Å²) < 4.78 is 13.9. The lowest BCUT2D eigenvalue weighted by molar-refractivity contribution is 0.625. The van der Waals surface area contributed by atoms with Crippen molar-refractivity contribution in [3.05, 3.63) is 72.1 Å². The molecule has 0 aliphatic carbocycles. The van der Waals surface area contributed by atoms with Crippen molar-refractivity contribution in [3.8, 4) is 0 Å². The lowest BCUT2D eigenvalue weighted by Gasteiger charge is -2.21. The van der Waals surface area contributed by atoms with Crippen molar-refractivity contribution in [1.82, 2.24) is 0 Å². The van der Waals surface area contributed by atoms with Crippen molar-refractivity contribution in [1.29, 1.82) is 0 Å². The molecular formula is C18H19FN2. The summed E-state index contributed by atoms with van der Waals surface area (Å²) >= 11 is 0. The predicted octanol–water partition coefficient (Wildman–Crippen LogP) is 4.02. The summed E-state index contributed by atoms with van der Waals surface area (Å²) in [7, 11) is 3.66. The summed E-state index contributed by atoms with van der Waals surface area (Å²) in [5.41, 5.74) is 3.37. The standard InChI is InChI=1S/C18H19FN2/c1-4-14-8-7-9-15(12-14)21(3)13-18(20-2)16-10-5-6-11-17(16)19/h4-12H,1,13H2,2-3H3/b20-18+. The third-order valence-corrected chi connectivity index (χ3v) is 3.39. The number of benzene rings is 2. The molecule has 0 aromatic heterocycles. The maximum Gasteiger partial charge on any atom is 0.132 e. The topological polar surface area (TPSA) is 15.6 Å². The molecule has 0 bridgehead atoms. The van der Waals surface area contributed by atoms with Crippen LogP contribution in [0.1, 0.15) is 11.1 Å². The number of hydrogen-bond acceptors (Lipinski definition) is 2. The first-order valence-corrected chi connectivity index (χ1v) is 6.80. The van der Waals surface area contributed by atoms with Crippen molar-refractivity contribution in [2.75, 3.05) is 25.5 Å². The van der Waals surface area contributed by atoms with Crippen LogP contribution in [0.5, 0.6) is 0 Å². The van der Waals surface area contributed by atoms with Crippen LogP contribution in [0, 0.1) is 5.82 Å². The Morgan fingerprint density at radius 2 is 2.00 bits per heavy atom. The lowest BCUT2D eigenvalue weighted by atomic mass is 10.1. The molecule has 2 rings (SSSR count). The van der Waals surface area contributed by atoms with Crippen LogP contribution in [-0.2, 0) is 0 Å². The quantitative estimate of drug-likeness (QED) is 0.756. The molecule has 0 N–H and O–H groups in total. The van der Waals surface area contributed by atoms with Crippen molar-refractivity contribution < 1.29 is 4.39 Å². The Hall–Kier alpha value is -2.42. The third-order valence-electron chi connectivity index (χ3n) is 3.39. The summed E-state index contributed by atoms with van der Waals surface area (Å²) in [5, 5.41) is 0. The zero-order chi connectivity index (χ0) is 15.2. The number of anilines is 1. The molecular weight excluding hydrogens is 263 g/mol. The second-order valence-electron chi connectivity index (χ2n) is 4.81. The number of rotatable bonds is 5. The molecule has 2 aromatic rings. The largest absolute Gasteiger partial charge is 0.369 e. The highest BCUT2D eigenvalue weighted by atomic mass is 19.1. The minimum atomic E-state index is -0.244. The van der Waals surface area contributed by atoms with Crippen LogP contribution in [0.25, 0.3) is 6.08 Å². The van der Waals surface area contributed by atoms with E-state index in [1.165, 1.54) is 6.07 Å². The van der Waals surface area contributed by atoms with Crippen LogP contribution in [-0.4, -0.2) is 26.4 Å². The van der Waals surface area contributed by atoms with Crippen molar-refractivity contribution >= 4 is 17.5 Å². The van der Waals surface area contributed by atoms with E-state index in [4.69, 9.17) is 0 Å². The van der Waals surface area contributed by atoms with Gasteiger partial charge in [-0.05, 0) is 23.8 Å². The molecule has 21 heavy (non-hydrogen) atoms. The van der Waals surface area contributed by atoms with E-state index in [1.54, 1.807) is 19.2 Å². The molecule has 0 atom stereocenters. The second kappa shape index (κ2) is 6.84. The zero-order valence-corrected chi connectivity index (χ0v) is 12.4. The van der Waals surface area contributed by atoms with Gasteiger partial charge in [0.05, 0.1) is 12.3 Å². The van der Waals surface area contributed by atoms with E-state index in [0.717, 1.165) is 17.0 Å². The van der Waals surface area contributed by atoms with Gasteiger partial charge in [-0.15, -0.1) is 0 Å². The molecule has 0 amide bonds. The van der Waals surface area contributed by atoms with Gasteiger partial charge in [0.15, 0.2) is 0 Å². The van der Waals surface area contributed by atoms with Gasteiger partial charge in [0.1, 0.15) is 5.82 Å². The Morgan fingerprint density at radius 1 is 1.24 bits per heavy atom. The Morgan fingerprint density at radius 3 is 2.67 bits per heavy atom. The fourth-order valence-corrected chi connectivity index (χ4v) is 2.18. The van der Waals surface area contributed by atoms with Gasteiger partial charge in [-0.1, -0.05) is 43.0 Å². The summed E-state index contributed by atoms with van der Waals surface area (Å²) in [6.45, 7) is 4.32. The van der Waals surface area contributed by atoms with Crippen LogP contribution in [0.4, 0.5) is 10.1 Å². The molecule has 0 fully saturated rings. The molecule has 0 aliphatic rings. The van der Waals surface area contributed by atoms with E-state index in [1.807, 2.05) is 48.4 Å². The first-order valence-electron chi connectivity index (χ1n) is 6.80. The number of likely N-dealkylation sites (N-methyl/N-ethyl adjacent to an activating group) is 1. The van der Waals surface area contributed by atoms with Crippen LogP contribution in [0.3, 0.4) is 0 Å². The predicted molar refractivity (Wildman–Crippen MR) is 88.7 cm³/mol. The van der Waals surface area contributed by atoms with Gasteiger partial charge in [0.2, 0.25) is 0 Å². The van der Waals surface area contributed by atoms with E-state index < -0.39 is 0 Å². The minimum Gasteiger partial charge on any atom is -0.369 e. The zero-order valence-electron chi connectivity index (χ0n) is 12.4. The van der Waals surface area contributed by atoms with E-state index in [9.17, 15) is 4.39 Å². The third kappa shape index (κ3) is 3.57. The molecule has 0 radical (unpaired) electrons. The highest BCUT2D eigenvalue weighted by Crippen LogP contribution is 2.17. The van der Waals surface area contributed by atoms with Crippen molar-refractivity contribution in [2.45, 2.75) is 0 Å². The molecule has 0 saturated heterocycles. The lowest BCUT2D eigenvalue weighted by Crippen LogP contribution is -2.26. The summed E-state index contributed by atoms with van der Waals surface area (Å²) in [4.78, 5) is 6.29. The maximum atomic E-state index is 13.9. The Labute approximate surface area is 125 Å². The molecule has 0 unspecified atom stereocenters. The molecule has 0 aliphatic heterocycles. The SMILES string of the molecule is C=Cc1cccc(N(C)C/C(=N\C)c2ccccc2F)c1. The Bertz CT molecular complexity index is 662. The van der Waals surface area contributed by atoms with E-state index in [2.05, 4.69) is 11.6 Å². The van der Waals surface area contributed by atoms with Gasteiger partial charge in [0.25, 0.3) is 0 Å². The Kier molecular flexibility index (Phi) is 4.88. The second-order valence-corrected chi connectivity index (χ2v) is 4.81. The molecule has 2 aromatic carbocycles. The average molecular weight is 282 g/mol. The first kappa shape index (κ1) is 15.0. The summed E-state index contributed by atoms with van der Waals surface area (Å²) in [6, 6.07) is 14.8. The van der Waals surface area contributed by atoms with Crippen LogP contribution in [0.15, 0.2) is 60.1 Å². The molecule has 0 saturated carbocycles. The van der Waals surface area contributed by atoms with Gasteiger partial charge < -0.3 is 4.90 Å². The fourth-order valence-electron chi connectivity index (χ4n) is 2.18. The van der Waals surface area contributed by atoms with Crippen LogP contribution in [0.2, 0.25) is 0 Å². The molecule has 108 valence electrons. The number of nitrogens with zero attached hydrogens (tertiary/aromatic N) is 2. The normalized spacial score (nSPS) is 11.3. The fraction of sp³-hybridized carbons (Fsp3) is 0.167. The van der Waals surface area contributed by atoms with Gasteiger partial charge in [-0.25, -0.2) is 4.39 Å². The maximum absolute atomic E-state index is 13.9. The smallest absolute Gasteiger partial charge is 0.132 e. The molecule has 0 heterocycles. The molecule has 3 heteroatoms. The summed E-state index contributed by atoms with van der Waals surface area (Å²) in [6.07, 6.45) is 1.81. The molecule has 2 nitrogen and oxygen atoms in total. The van der Waals surface area contributed by atoms with Gasteiger partial charge in [-0.3, -0.25) is 4.99 Å². The van der Waals surface area contributed by atoms with Gasteiger partial charge >= 0.3 is 0 Å². The Balaban J connectivity index is 2.23. The minimum absolute atomic E-state index is 0.244. The number of hydrogen-bond donors (Lipinski definition) is 0. The van der Waals surface area contributed by atoms with E-state index in [-0.39, 0.29) is 5.82 Å². The highest BCUT2D eigenvalue weighted by Gasteiger charge is 2.11. The van der Waals surface area contributed by atoms with E-state index in [0.29, 0.717) is 12.1 Å². The first-order chi connectivity index (χ1) is 10.2. The summed E-state index contributed by atoms with van der Waals surface area (Å²) in [5.74, 6) is -0.244. The monoisotopic (exact) mass is 282 g/mol. The van der Waals surface area contributed by atoms with Crippen LogP contribution < -0.4 is 4.90 Å². The van der Waals surface area contributed by atoms with Crippen molar-refractivity contribution in [3.63, 3.8) is 0 Å². The van der Waals surface area contributed by atoms with Crippen LogP contribution >= 0.6 is 0 Å². The number of aliphatic imine (C=N–C) groups is 1. The highest BCUT2D eigenvalue weighted by molar-refractivity contribution is 6.03. The van der Waals surface area contributed by atoms with Gasteiger partial charge in [0, 0.05) is 25.3 Å². The average Bonchev–Trinajstić information content (AvgIpc) is 2.53. The number of halogens is 1. The molecule has 0 spiro atoms. The van der Waals surface area contributed by atoms with E-state index >= 15 is 0 Å². The van der Waals surface area contributed by atoms with Crippen molar-refractivity contribution in [2.24, 2.45) is 4.99 Å².